The van der Waals surface area contributed by atoms with Crippen molar-refractivity contribution in [2.45, 2.75) is 56.8 Å². The first-order valence-electron chi connectivity index (χ1n) is 6.30. The van der Waals surface area contributed by atoms with E-state index >= 15 is 0 Å². The molecule has 6 atom stereocenters. The molecule has 1 saturated heterocycles. The van der Waals surface area contributed by atoms with Gasteiger partial charge in [0.15, 0.2) is 35.2 Å². The summed E-state index contributed by atoms with van der Waals surface area (Å²) in [5.74, 6) is -3.36. The van der Waals surface area contributed by atoms with E-state index in [1.165, 1.54) is 0 Å². The Morgan fingerprint density at radius 1 is 1.14 bits per heavy atom. The minimum absolute atomic E-state index is 0.731. The molecule has 0 saturated carbocycles. The molecule has 0 aromatic rings. The first-order valence-corrected chi connectivity index (χ1v) is 6.30. The van der Waals surface area contributed by atoms with Crippen LogP contribution >= 0.6 is 0 Å². The Balaban J connectivity index is 3.58. The molecule has 1 unspecified atom stereocenters. The first-order chi connectivity index (χ1) is 9.90. The molecule has 1 fully saturated rings. The quantitative estimate of drug-likeness (QED) is 0.370. The van der Waals surface area contributed by atoms with Crippen LogP contribution < -0.4 is 5.32 Å². The Bertz CT molecular complexity index is 498. The lowest BCUT2D eigenvalue weighted by Crippen LogP contribution is -2.82. The highest BCUT2D eigenvalue weighted by atomic mass is 19.1. The number of Topliss-reactive ketones (excluding diaryl/α,β-unsaturated/α-hetero) is 2. The smallest absolute Gasteiger partial charge is 0.226 e. The lowest BCUT2D eigenvalue weighted by Gasteiger charge is -2.53. The summed E-state index contributed by atoms with van der Waals surface area (Å²) in [5.41, 5.74) is -6.33. The highest BCUT2D eigenvalue weighted by Crippen LogP contribution is 2.40. The highest BCUT2D eigenvalue weighted by molar-refractivity contribution is 5.99. The topological polar surface area (TPSA) is 153 Å². The summed E-state index contributed by atoms with van der Waals surface area (Å²) < 4.78 is 17.9. The number of aliphatic hydroxyl groups is 4. The van der Waals surface area contributed by atoms with E-state index in [0.717, 1.165) is 20.8 Å². The number of rotatable bonds is 4. The van der Waals surface area contributed by atoms with Crippen molar-refractivity contribution in [3.8, 4) is 0 Å². The number of aliphatic hydroxyl groups excluding tert-OH is 2. The summed E-state index contributed by atoms with van der Waals surface area (Å²) in [6.07, 6.45) is -7.58. The van der Waals surface area contributed by atoms with Gasteiger partial charge in [-0.15, -0.1) is 0 Å². The van der Waals surface area contributed by atoms with Crippen LogP contribution in [0.4, 0.5) is 4.39 Å². The number of ether oxygens (including phenoxy) is 1. The molecule has 0 aromatic carbocycles. The van der Waals surface area contributed by atoms with Gasteiger partial charge in [-0.1, -0.05) is 0 Å². The summed E-state index contributed by atoms with van der Waals surface area (Å²) in [7, 11) is 0. The van der Waals surface area contributed by atoms with Crippen molar-refractivity contribution in [2.24, 2.45) is 0 Å². The molecule has 10 heteroatoms. The van der Waals surface area contributed by atoms with E-state index in [9.17, 15) is 34.1 Å². The molecule has 0 aliphatic carbocycles. The van der Waals surface area contributed by atoms with Gasteiger partial charge in [0.2, 0.25) is 12.3 Å². The number of carbonyl (C=O) groups is 3. The second kappa shape index (κ2) is 5.97. The van der Waals surface area contributed by atoms with E-state index in [1.807, 2.05) is 5.32 Å². The number of carbonyl (C=O) groups excluding carboxylic acids is 3. The van der Waals surface area contributed by atoms with E-state index < -0.39 is 53.5 Å². The third-order valence-electron chi connectivity index (χ3n) is 3.70. The fourth-order valence-corrected chi connectivity index (χ4v) is 2.60. The maximum Gasteiger partial charge on any atom is 0.226 e. The van der Waals surface area contributed by atoms with Gasteiger partial charge < -0.3 is 30.5 Å². The zero-order chi connectivity index (χ0) is 17.5. The van der Waals surface area contributed by atoms with Crippen LogP contribution in [0.15, 0.2) is 0 Å². The minimum Gasteiger partial charge on any atom is -0.377 e. The van der Waals surface area contributed by atoms with Crippen LogP contribution in [0.1, 0.15) is 20.8 Å². The van der Waals surface area contributed by atoms with Gasteiger partial charge in [0.1, 0.15) is 6.04 Å². The number of alkyl halides is 1. The van der Waals surface area contributed by atoms with Crippen molar-refractivity contribution < 1.29 is 43.9 Å². The Labute approximate surface area is 124 Å². The standard InChI is InChI=1S/C12H18FNO8/c1-4(15)11(20)7(14-6(3)17)10(19)22-8(9(13)18)12(11,21)5(2)16/h7-10,18-21H,1-3H3,(H,14,17)/t7-,8+,9?,10-,11+,12-/m0/s1. The molecule has 9 nitrogen and oxygen atoms in total. The van der Waals surface area contributed by atoms with Crippen molar-refractivity contribution in [3.05, 3.63) is 0 Å². The zero-order valence-corrected chi connectivity index (χ0v) is 12.1. The molecule has 1 heterocycles. The van der Waals surface area contributed by atoms with Gasteiger partial charge >= 0.3 is 0 Å². The van der Waals surface area contributed by atoms with Crippen molar-refractivity contribution >= 4 is 17.5 Å². The number of hydrogen-bond acceptors (Lipinski definition) is 8. The van der Waals surface area contributed by atoms with Gasteiger partial charge in [-0.3, -0.25) is 14.4 Å². The van der Waals surface area contributed by atoms with Crippen LogP contribution in [0.3, 0.4) is 0 Å². The van der Waals surface area contributed by atoms with Gasteiger partial charge in [0.25, 0.3) is 0 Å². The van der Waals surface area contributed by atoms with E-state index in [2.05, 4.69) is 4.74 Å². The predicted octanol–water partition coefficient (Wildman–Crippen LogP) is -2.86. The molecular formula is C12H18FNO8. The molecule has 1 aliphatic heterocycles. The summed E-state index contributed by atoms with van der Waals surface area (Å²) in [4.78, 5) is 34.8. The molecular weight excluding hydrogens is 305 g/mol. The Morgan fingerprint density at radius 3 is 1.91 bits per heavy atom. The van der Waals surface area contributed by atoms with Crippen LogP contribution in [0.5, 0.6) is 0 Å². The van der Waals surface area contributed by atoms with Gasteiger partial charge in [-0.05, 0) is 13.8 Å². The number of ketones is 2. The Hall–Kier alpha value is -1.46. The van der Waals surface area contributed by atoms with Crippen LogP contribution in [0.2, 0.25) is 0 Å². The molecule has 0 aromatic heterocycles. The fraction of sp³-hybridized carbons (Fsp3) is 0.750. The fourth-order valence-electron chi connectivity index (χ4n) is 2.60. The maximum absolute atomic E-state index is 13.3. The second-order valence-electron chi connectivity index (χ2n) is 5.14. The van der Waals surface area contributed by atoms with Gasteiger partial charge in [0, 0.05) is 6.92 Å². The van der Waals surface area contributed by atoms with Crippen LogP contribution in [0, 0.1) is 0 Å². The van der Waals surface area contributed by atoms with Gasteiger partial charge in [-0.25, -0.2) is 4.39 Å². The molecule has 126 valence electrons. The SMILES string of the molecule is CC(=O)N[C@H]1[C@@H](O)O[C@H](C(O)F)[C@@](O)(C(C)=O)[C@@]1(O)C(C)=O. The van der Waals surface area contributed by atoms with E-state index in [0.29, 0.717) is 0 Å². The summed E-state index contributed by atoms with van der Waals surface area (Å²) in [6, 6.07) is -1.95. The van der Waals surface area contributed by atoms with E-state index in [1.54, 1.807) is 0 Å². The molecule has 1 rings (SSSR count). The van der Waals surface area contributed by atoms with Crippen molar-refractivity contribution in [1.29, 1.82) is 0 Å². The molecule has 22 heavy (non-hydrogen) atoms. The Morgan fingerprint density at radius 2 is 1.59 bits per heavy atom. The molecule has 0 spiro atoms. The van der Waals surface area contributed by atoms with Crippen molar-refractivity contribution in [3.63, 3.8) is 0 Å². The van der Waals surface area contributed by atoms with Gasteiger partial charge in [-0.2, -0.15) is 0 Å². The van der Waals surface area contributed by atoms with Gasteiger partial charge in [0.05, 0.1) is 0 Å². The molecule has 1 amide bonds. The second-order valence-corrected chi connectivity index (χ2v) is 5.14. The number of hydrogen-bond donors (Lipinski definition) is 5. The largest absolute Gasteiger partial charge is 0.377 e. The number of halogens is 1. The summed E-state index contributed by atoms with van der Waals surface area (Å²) in [5, 5.41) is 41.8. The van der Waals surface area contributed by atoms with Crippen LogP contribution in [-0.2, 0) is 19.1 Å². The minimum atomic E-state index is -3.22. The lowest BCUT2D eigenvalue weighted by atomic mass is 9.67. The Kier molecular flexibility index (Phi) is 5.04. The first kappa shape index (κ1) is 18.6. The monoisotopic (exact) mass is 323 g/mol. The van der Waals surface area contributed by atoms with Crippen LogP contribution in [0.25, 0.3) is 0 Å². The van der Waals surface area contributed by atoms with Crippen LogP contribution in [-0.4, -0.2) is 73.9 Å². The average molecular weight is 323 g/mol. The van der Waals surface area contributed by atoms with E-state index in [-0.39, 0.29) is 0 Å². The predicted molar refractivity (Wildman–Crippen MR) is 66.9 cm³/mol. The maximum atomic E-state index is 13.3. The highest BCUT2D eigenvalue weighted by Gasteiger charge is 2.71. The number of nitrogens with one attached hydrogen (secondary N) is 1. The number of amides is 1. The third kappa shape index (κ3) is 2.52. The van der Waals surface area contributed by atoms with Crippen molar-refractivity contribution in [2.75, 3.05) is 0 Å². The van der Waals surface area contributed by atoms with E-state index in [4.69, 9.17) is 5.11 Å². The zero-order valence-electron chi connectivity index (χ0n) is 12.1. The average Bonchev–Trinajstić information content (AvgIpc) is 2.37. The molecule has 5 N–H and O–H groups in total. The lowest BCUT2D eigenvalue weighted by molar-refractivity contribution is -0.326. The molecule has 1 aliphatic rings. The molecule has 0 radical (unpaired) electrons. The molecule has 0 bridgehead atoms. The summed E-state index contributed by atoms with van der Waals surface area (Å²) >= 11 is 0. The van der Waals surface area contributed by atoms with Crippen molar-refractivity contribution in [1.82, 2.24) is 5.32 Å². The normalized spacial score (nSPS) is 39.9. The summed E-state index contributed by atoms with van der Waals surface area (Å²) in [6.45, 7) is 2.48. The third-order valence-corrected chi connectivity index (χ3v) is 3.70.